The average molecular weight is 345 g/mol. The number of hydrogen-bond acceptors (Lipinski definition) is 4. The third-order valence-electron chi connectivity index (χ3n) is 5.20. The molecule has 2 fully saturated rings. The van der Waals surface area contributed by atoms with Crippen LogP contribution in [0.1, 0.15) is 39.4 Å². The SMILES string of the molecule is C[C@@H]1CO[C@@H](c2ccccc2)[C@@H](C)N1CCN1C(=O)NC(C)(C)C1=O. The monoisotopic (exact) mass is 345 g/mol. The highest BCUT2D eigenvalue weighted by molar-refractivity contribution is 6.06. The highest BCUT2D eigenvalue weighted by Gasteiger charge is 2.44. The first kappa shape index (κ1) is 17.9. The molecular formula is C19H27N3O3. The lowest BCUT2D eigenvalue weighted by Gasteiger charge is -2.44. The van der Waals surface area contributed by atoms with Gasteiger partial charge in [-0.1, -0.05) is 30.3 Å². The van der Waals surface area contributed by atoms with Crippen molar-refractivity contribution in [3.8, 4) is 0 Å². The number of hydrogen-bond donors (Lipinski definition) is 1. The fourth-order valence-corrected chi connectivity index (χ4v) is 3.73. The summed E-state index contributed by atoms with van der Waals surface area (Å²) >= 11 is 0. The summed E-state index contributed by atoms with van der Waals surface area (Å²) in [5.41, 5.74) is 0.342. The summed E-state index contributed by atoms with van der Waals surface area (Å²) in [6, 6.07) is 10.3. The predicted molar refractivity (Wildman–Crippen MR) is 95.1 cm³/mol. The molecule has 2 aliphatic rings. The normalized spacial score (nSPS) is 29.8. The number of rotatable bonds is 4. The second-order valence-electron chi connectivity index (χ2n) is 7.50. The molecule has 3 rings (SSSR count). The third kappa shape index (κ3) is 3.41. The summed E-state index contributed by atoms with van der Waals surface area (Å²) in [7, 11) is 0. The van der Waals surface area contributed by atoms with Gasteiger partial charge in [0.2, 0.25) is 0 Å². The van der Waals surface area contributed by atoms with Gasteiger partial charge in [0.25, 0.3) is 5.91 Å². The van der Waals surface area contributed by atoms with Crippen LogP contribution in [0.3, 0.4) is 0 Å². The van der Waals surface area contributed by atoms with Crippen molar-refractivity contribution in [2.45, 2.75) is 51.4 Å². The Morgan fingerprint density at radius 2 is 1.84 bits per heavy atom. The first-order valence-electron chi connectivity index (χ1n) is 8.87. The summed E-state index contributed by atoms with van der Waals surface area (Å²) in [5.74, 6) is -0.161. The lowest BCUT2D eigenvalue weighted by molar-refractivity contribution is -0.131. The van der Waals surface area contributed by atoms with Gasteiger partial charge in [-0.15, -0.1) is 0 Å². The fourth-order valence-electron chi connectivity index (χ4n) is 3.73. The number of imide groups is 1. The molecule has 1 N–H and O–H groups in total. The van der Waals surface area contributed by atoms with Crippen LogP contribution in [-0.4, -0.2) is 59.1 Å². The van der Waals surface area contributed by atoms with E-state index < -0.39 is 5.54 Å². The Bertz CT molecular complexity index is 647. The van der Waals surface area contributed by atoms with Crippen LogP contribution in [0.2, 0.25) is 0 Å². The van der Waals surface area contributed by atoms with Crippen molar-refractivity contribution in [2.75, 3.05) is 19.7 Å². The maximum Gasteiger partial charge on any atom is 0.325 e. The van der Waals surface area contributed by atoms with E-state index in [9.17, 15) is 9.59 Å². The number of carbonyl (C=O) groups excluding carboxylic acids is 2. The van der Waals surface area contributed by atoms with Crippen LogP contribution in [0.4, 0.5) is 4.79 Å². The van der Waals surface area contributed by atoms with E-state index in [-0.39, 0.29) is 30.1 Å². The largest absolute Gasteiger partial charge is 0.370 e. The minimum atomic E-state index is -0.814. The molecule has 0 unspecified atom stereocenters. The van der Waals surface area contributed by atoms with Crippen molar-refractivity contribution in [3.63, 3.8) is 0 Å². The van der Waals surface area contributed by atoms with Gasteiger partial charge in [0.05, 0.1) is 12.7 Å². The van der Waals surface area contributed by atoms with Gasteiger partial charge in [-0.05, 0) is 33.3 Å². The Balaban J connectivity index is 1.68. The average Bonchev–Trinajstić information content (AvgIpc) is 2.76. The van der Waals surface area contributed by atoms with Crippen LogP contribution in [0.5, 0.6) is 0 Å². The van der Waals surface area contributed by atoms with Gasteiger partial charge in [-0.2, -0.15) is 0 Å². The van der Waals surface area contributed by atoms with Gasteiger partial charge in [0.1, 0.15) is 5.54 Å². The molecule has 1 aromatic carbocycles. The number of amides is 3. The first-order valence-corrected chi connectivity index (χ1v) is 8.87. The zero-order chi connectivity index (χ0) is 18.2. The molecule has 2 heterocycles. The van der Waals surface area contributed by atoms with Gasteiger partial charge >= 0.3 is 6.03 Å². The molecule has 136 valence electrons. The topological polar surface area (TPSA) is 61.9 Å². The van der Waals surface area contributed by atoms with Crippen molar-refractivity contribution in [3.05, 3.63) is 35.9 Å². The molecule has 2 saturated heterocycles. The Hall–Kier alpha value is -1.92. The molecule has 1 aromatic rings. The third-order valence-corrected chi connectivity index (χ3v) is 5.20. The second-order valence-corrected chi connectivity index (χ2v) is 7.50. The van der Waals surface area contributed by atoms with Crippen molar-refractivity contribution < 1.29 is 14.3 Å². The lowest BCUT2D eigenvalue weighted by atomic mass is 9.98. The highest BCUT2D eigenvalue weighted by Crippen LogP contribution is 2.30. The summed E-state index contributed by atoms with van der Waals surface area (Å²) in [5, 5.41) is 2.73. The molecular weight excluding hydrogens is 318 g/mol. The van der Waals surface area contributed by atoms with E-state index >= 15 is 0 Å². The predicted octanol–water partition coefficient (Wildman–Crippen LogP) is 2.17. The number of morpholine rings is 1. The molecule has 3 amide bonds. The molecule has 0 radical (unpaired) electrons. The Morgan fingerprint density at radius 3 is 2.44 bits per heavy atom. The van der Waals surface area contributed by atoms with Crippen molar-refractivity contribution in [1.29, 1.82) is 0 Å². The van der Waals surface area contributed by atoms with E-state index in [1.165, 1.54) is 4.90 Å². The molecule has 0 bridgehead atoms. The van der Waals surface area contributed by atoms with Crippen LogP contribution in [-0.2, 0) is 9.53 Å². The molecule has 6 heteroatoms. The van der Waals surface area contributed by atoms with E-state index in [2.05, 4.69) is 36.2 Å². The standard InChI is InChI=1S/C19H27N3O3/c1-13-12-25-16(15-8-6-5-7-9-15)14(2)21(13)10-11-22-17(23)19(3,4)20-18(22)24/h5-9,13-14,16H,10-12H2,1-4H3,(H,20,24)/t13-,14-,16-/m1/s1. The smallest absolute Gasteiger partial charge is 0.325 e. The number of urea groups is 1. The van der Waals surface area contributed by atoms with E-state index in [4.69, 9.17) is 4.74 Å². The van der Waals surface area contributed by atoms with E-state index in [0.717, 1.165) is 5.56 Å². The van der Waals surface area contributed by atoms with Crippen molar-refractivity contribution >= 4 is 11.9 Å². The van der Waals surface area contributed by atoms with E-state index in [1.54, 1.807) is 13.8 Å². The molecule has 3 atom stereocenters. The van der Waals surface area contributed by atoms with Crippen LogP contribution >= 0.6 is 0 Å². The maximum atomic E-state index is 12.4. The number of nitrogens with zero attached hydrogens (tertiary/aromatic N) is 2. The Kier molecular flexibility index (Phi) is 4.84. The van der Waals surface area contributed by atoms with Crippen LogP contribution in [0.25, 0.3) is 0 Å². The quantitative estimate of drug-likeness (QED) is 0.850. The zero-order valence-electron chi connectivity index (χ0n) is 15.4. The summed E-state index contributed by atoms with van der Waals surface area (Å²) in [6.07, 6.45) is -0.00283. The minimum Gasteiger partial charge on any atom is -0.370 e. The summed E-state index contributed by atoms with van der Waals surface area (Å²) in [6.45, 7) is 9.40. The van der Waals surface area contributed by atoms with E-state index in [1.807, 2.05) is 18.2 Å². The number of nitrogens with one attached hydrogen (secondary N) is 1. The van der Waals surface area contributed by atoms with E-state index in [0.29, 0.717) is 19.7 Å². The van der Waals surface area contributed by atoms with Gasteiger partial charge < -0.3 is 10.1 Å². The Morgan fingerprint density at radius 1 is 1.16 bits per heavy atom. The molecule has 0 saturated carbocycles. The molecule has 0 aliphatic carbocycles. The van der Waals surface area contributed by atoms with Crippen LogP contribution in [0, 0.1) is 0 Å². The maximum absolute atomic E-state index is 12.4. The van der Waals surface area contributed by atoms with Gasteiger partial charge in [0, 0.05) is 25.2 Å². The molecule has 25 heavy (non-hydrogen) atoms. The van der Waals surface area contributed by atoms with Crippen molar-refractivity contribution in [2.24, 2.45) is 0 Å². The molecule has 0 spiro atoms. The van der Waals surface area contributed by atoms with Gasteiger partial charge in [-0.3, -0.25) is 14.6 Å². The highest BCUT2D eigenvalue weighted by atomic mass is 16.5. The Labute approximate surface area is 149 Å². The molecule has 0 aromatic heterocycles. The fraction of sp³-hybridized carbons (Fsp3) is 0.579. The lowest BCUT2D eigenvalue weighted by Crippen LogP contribution is -2.53. The minimum absolute atomic E-state index is 0.00283. The van der Waals surface area contributed by atoms with Gasteiger partial charge in [-0.25, -0.2) is 4.79 Å². The van der Waals surface area contributed by atoms with Crippen LogP contribution < -0.4 is 5.32 Å². The van der Waals surface area contributed by atoms with Crippen LogP contribution in [0.15, 0.2) is 30.3 Å². The zero-order valence-corrected chi connectivity index (χ0v) is 15.4. The summed E-state index contributed by atoms with van der Waals surface area (Å²) < 4.78 is 6.06. The first-order chi connectivity index (χ1) is 11.8. The molecule has 6 nitrogen and oxygen atoms in total. The molecule has 2 aliphatic heterocycles. The number of carbonyl (C=O) groups is 2. The number of ether oxygens (including phenoxy) is 1. The van der Waals surface area contributed by atoms with Crippen molar-refractivity contribution in [1.82, 2.24) is 15.1 Å². The summed E-state index contributed by atoms with van der Waals surface area (Å²) in [4.78, 5) is 28.1. The number of benzene rings is 1. The second kappa shape index (κ2) is 6.77. The van der Waals surface area contributed by atoms with Gasteiger partial charge in [0.15, 0.2) is 0 Å².